The molecule has 0 spiro atoms. The Kier molecular flexibility index (Phi) is 4.26. The molecule has 1 atom stereocenters. The predicted octanol–water partition coefficient (Wildman–Crippen LogP) is 1.40. The molecule has 0 aliphatic rings. The summed E-state index contributed by atoms with van der Waals surface area (Å²) < 4.78 is 14.6. The molecular formula is C12H13FN4O3. The van der Waals surface area contributed by atoms with E-state index in [-0.39, 0.29) is 24.5 Å². The molecule has 106 valence electrons. The Morgan fingerprint density at radius 2 is 2.25 bits per heavy atom. The van der Waals surface area contributed by atoms with Crippen LogP contribution in [0.3, 0.4) is 0 Å². The van der Waals surface area contributed by atoms with Gasteiger partial charge in [-0.3, -0.25) is 14.8 Å². The first-order chi connectivity index (χ1) is 9.56. The van der Waals surface area contributed by atoms with Crippen LogP contribution < -0.4 is 5.32 Å². The third-order valence-electron chi connectivity index (χ3n) is 2.63. The number of anilines is 1. The van der Waals surface area contributed by atoms with Crippen molar-refractivity contribution in [2.24, 2.45) is 0 Å². The van der Waals surface area contributed by atoms with Crippen molar-refractivity contribution < 1.29 is 14.4 Å². The highest BCUT2D eigenvalue weighted by atomic mass is 19.1. The van der Waals surface area contributed by atoms with Crippen LogP contribution in [0.4, 0.5) is 15.8 Å². The molecule has 0 saturated heterocycles. The zero-order valence-corrected chi connectivity index (χ0v) is 10.4. The van der Waals surface area contributed by atoms with E-state index in [1.807, 2.05) is 0 Å². The fourth-order valence-electron chi connectivity index (χ4n) is 1.66. The second kappa shape index (κ2) is 6.11. The maximum atomic E-state index is 13.3. The first kappa shape index (κ1) is 13.9. The molecule has 0 aliphatic heterocycles. The number of aliphatic hydroxyl groups is 1. The van der Waals surface area contributed by atoms with Crippen molar-refractivity contribution in [1.29, 1.82) is 0 Å². The van der Waals surface area contributed by atoms with Gasteiger partial charge in [0.25, 0.3) is 0 Å². The van der Waals surface area contributed by atoms with Crippen molar-refractivity contribution in [2.75, 3.05) is 11.9 Å². The van der Waals surface area contributed by atoms with Crippen molar-refractivity contribution in [1.82, 2.24) is 9.78 Å². The Morgan fingerprint density at radius 3 is 2.90 bits per heavy atom. The third kappa shape index (κ3) is 3.51. The van der Waals surface area contributed by atoms with Crippen molar-refractivity contribution in [3.05, 3.63) is 52.6 Å². The number of nitrogens with zero attached hydrogens (tertiary/aromatic N) is 3. The number of nitro groups is 1. The second-order valence-corrected chi connectivity index (χ2v) is 4.19. The molecule has 0 saturated carbocycles. The van der Waals surface area contributed by atoms with Gasteiger partial charge in [-0.2, -0.15) is 5.10 Å². The highest BCUT2D eigenvalue weighted by molar-refractivity contribution is 5.44. The van der Waals surface area contributed by atoms with Gasteiger partial charge in [-0.1, -0.05) is 12.1 Å². The van der Waals surface area contributed by atoms with Crippen LogP contribution in [-0.2, 0) is 6.54 Å². The van der Waals surface area contributed by atoms with E-state index >= 15 is 0 Å². The van der Waals surface area contributed by atoms with Crippen LogP contribution in [0, 0.1) is 15.9 Å². The van der Waals surface area contributed by atoms with E-state index < -0.39 is 16.8 Å². The molecule has 0 radical (unpaired) electrons. The third-order valence-corrected chi connectivity index (χ3v) is 2.63. The lowest BCUT2D eigenvalue weighted by molar-refractivity contribution is -0.385. The van der Waals surface area contributed by atoms with Crippen LogP contribution >= 0.6 is 0 Å². The largest absolute Gasteiger partial charge is 0.389 e. The summed E-state index contributed by atoms with van der Waals surface area (Å²) in [6, 6.07) is 6.11. The van der Waals surface area contributed by atoms with E-state index in [0.29, 0.717) is 0 Å². The summed E-state index contributed by atoms with van der Waals surface area (Å²) in [5.74, 6) is -0.408. The molecule has 2 rings (SSSR count). The van der Waals surface area contributed by atoms with Crippen molar-refractivity contribution >= 4 is 11.4 Å². The summed E-state index contributed by atoms with van der Waals surface area (Å²) in [5, 5.41) is 26.8. The van der Waals surface area contributed by atoms with E-state index in [9.17, 15) is 19.6 Å². The first-order valence-corrected chi connectivity index (χ1v) is 5.89. The maximum absolute atomic E-state index is 13.3. The topological polar surface area (TPSA) is 93.2 Å². The Labute approximate surface area is 113 Å². The molecule has 0 fully saturated rings. The van der Waals surface area contributed by atoms with Crippen molar-refractivity contribution in [3.63, 3.8) is 0 Å². The highest BCUT2D eigenvalue weighted by Gasteiger charge is 2.12. The summed E-state index contributed by atoms with van der Waals surface area (Å²) in [6.45, 7) is 0.184. The van der Waals surface area contributed by atoms with Crippen LogP contribution in [0.15, 0.2) is 36.7 Å². The van der Waals surface area contributed by atoms with Gasteiger partial charge >= 0.3 is 5.69 Å². The SMILES string of the molecule is O=[N+]([O-])c1cnn(CC(O)CNc2ccccc2F)c1. The number of aromatic nitrogens is 2. The van der Waals surface area contributed by atoms with Gasteiger partial charge in [-0.15, -0.1) is 0 Å². The molecule has 2 N–H and O–H groups in total. The zero-order valence-electron chi connectivity index (χ0n) is 10.4. The minimum absolute atomic E-state index is 0.0787. The van der Waals surface area contributed by atoms with Gasteiger partial charge in [0.15, 0.2) is 0 Å². The number of para-hydroxylation sites is 1. The van der Waals surface area contributed by atoms with Gasteiger partial charge in [0.1, 0.15) is 18.2 Å². The quantitative estimate of drug-likeness (QED) is 0.616. The van der Waals surface area contributed by atoms with Crippen molar-refractivity contribution in [3.8, 4) is 0 Å². The minimum Gasteiger partial charge on any atom is -0.389 e. The van der Waals surface area contributed by atoms with Gasteiger partial charge < -0.3 is 10.4 Å². The minimum atomic E-state index is -0.853. The van der Waals surface area contributed by atoms with Crippen LogP contribution in [0.5, 0.6) is 0 Å². The second-order valence-electron chi connectivity index (χ2n) is 4.19. The number of nitrogens with one attached hydrogen (secondary N) is 1. The molecular weight excluding hydrogens is 267 g/mol. The maximum Gasteiger partial charge on any atom is 0.306 e. The number of hydrogen-bond acceptors (Lipinski definition) is 5. The van der Waals surface area contributed by atoms with Crippen LogP contribution in [0.2, 0.25) is 0 Å². The first-order valence-electron chi connectivity index (χ1n) is 5.89. The average Bonchev–Trinajstić information content (AvgIpc) is 2.86. The number of aliphatic hydroxyl groups excluding tert-OH is 1. The summed E-state index contributed by atoms with van der Waals surface area (Å²) in [4.78, 5) is 9.92. The molecule has 7 nitrogen and oxygen atoms in total. The Balaban J connectivity index is 1.87. The smallest absolute Gasteiger partial charge is 0.306 e. The van der Waals surface area contributed by atoms with Gasteiger partial charge in [-0.25, -0.2) is 4.39 Å². The highest BCUT2D eigenvalue weighted by Crippen LogP contribution is 2.12. The number of benzene rings is 1. The van der Waals surface area contributed by atoms with Gasteiger partial charge in [0, 0.05) is 6.54 Å². The van der Waals surface area contributed by atoms with Gasteiger partial charge in [0.2, 0.25) is 0 Å². The normalized spacial score (nSPS) is 12.1. The molecule has 2 aromatic rings. The van der Waals surface area contributed by atoms with E-state index in [1.165, 1.54) is 16.9 Å². The van der Waals surface area contributed by atoms with Crippen LogP contribution in [0.25, 0.3) is 0 Å². The molecule has 0 amide bonds. The summed E-state index contributed by atoms with van der Waals surface area (Å²) in [5.41, 5.74) is 0.150. The zero-order chi connectivity index (χ0) is 14.5. The van der Waals surface area contributed by atoms with Crippen LogP contribution in [-0.4, -0.2) is 32.5 Å². The fraction of sp³-hybridized carbons (Fsp3) is 0.250. The number of halogens is 1. The van der Waals surface area contributed by atoms with E-state index in [1.54, 1.807) is 18.2 Å². The predicted molar refractivity (Wildman–Crippen MR) is 69.8 cm³/mol. The summed E-state index contributed by atoms with van der Waals surface area (Å²) in [6.07, 6.45) is 1.48. The lowest BCUT2D eigenvalue weighted by Gasteiger charge is -2.13. The van der Waals surface area contributed by atoms with Gasteiger partial charge in [-0.05, 0) is 12.1 Å². The van der Waals surface area contributed by atoms with E-state index in [2.05, 4.69) is 10.4 Å². The molecule has 1 heterocycles. The molecule has 1 aromatic heterocycles. The number of hydrogen-bond donors (Lipinski definition) is 2. The monoisotopic (exact) mass is 280 g/mol. The standard InChI is InChI=1S/C12H13FN4O3/c13-11-3-1-2-4-12(11)14-6-10(18)8-16-7-9(5-15-16)17(19)20/h1-5,7,10,14,18H,6,8H2. The summed E-state index contributed by atoms with van der Waals surface area (Å²) in [7, 11) is 0. The Morgan fingerprint density at radius 1 is 1.50 bits per heavy atom. The summed E-state index contributed by atoms with van der Waals surface area (Å²) >= 11 is 0. The number of rotatable bonds is 6. The molecule has 0 bridgehead atoms. The van der Waals surface area contributed by atoms with E-state index in [0.717, 1.165) is 6.20 Å². The van der Waals surface area contributed by atoms with Crippen molar-refractivity contribution in [2.45, 2.75) is 12.6 Å². The Bertz CT molecular complexity index is 602. The lowest BCUT2D eigenvalue weighted by Crippen LogP contribution is -2.25. The molecule has 0 aliphatic carbocycles. The van der Waals surface area contributed by atoms with E-state index in [4.69, 9.17) is 0 Å². The molecule has 8 heteroatoms. The molecule has 1 unspecified atom stereocenters. The Hall–Kier alpha value is -2.48. The lowest BCUT2D eigenvalue weighted by atomic mass is 10.3. The molecule has 1 aromatic carbocycles. The van der Waals surface area contributed by atoms with Gasteiger partial charge in [0.05, 0.1) is 23.3 Å². The average molecular weight is 280 g/mol. The fourth-order valence-corrected chi connectivity index (χ4v) is 1.66. The van der Waals surface area contributed by atoms with Crippen LogP contribution in [0.1, 0.15) is 0 Å². The molecule has 20 heavy (non-hydrogen) atoms.